The highest BCUT2D eigenvalue weighted by Gasteiger charge is 2.17. The fraction of sp³-hybridized carbons (Fsp3) is 0.360. The molecule has 0 bridgehead atoms. The number of rotatable bonds is 3. The molecular weight excluding hydrogens is 362 g/mol. The van der Waals surface area contributed by atoms with E-state index in [0.717, 1.165) is 16.5 Å². The zero-order valence-corrected chi connectivity index (χ0v) is 18.1. The second-order valence-corrected chi connectivity index (χ2v) is 9.56. The van der Waals surface area contributed by atoms with Crippen molar-refractivity contribution in [1.82, 2.24) is 5.32 Å². The van der Waals surface area contributed by atoms with Gasteiger partial charge in [-0.15, -0.1) is 0 Å². The average molecular weight is 392 g/mol. The van der Waals surface area contributed by atoms with Crippen LogP contribution in [0.5, 0.6) is 0 Å². The third kappa shape index (κ3) is 4.76. The topological polar surface area (TPSA) is 59.3 Å². The highest BCUT2D eigenvalue weighted by Crippen LogP contribution is 2.27. The first kappa shape index (κ1) is 20.8. The molecule has 3 aromatic rings. The van der Waals surface area contributed by atoms with Crippen LogP contribution in [0, 0.1) is 0 Å². The summed E-state index contributed by atoms with van der Waals surface area (Å²) < 4.78 is 5.34. The van der Waals surface area contributed by atoms with Gasteiger partial charge in [-0.2, -0.15) is 0 Å². The normalized spacial score (nSPS) is 12.2. The summed E-state index contributed by atoms with van der Waals surface area (Å²) >= 11 is 0. The van der Waals surface area contributed by atoms with E-state index in [1.807, 2.05) is 42.5 Å². The van der Waals surface area contributed by atoms with Gasteiger partial charge in [0.15, 0.2) is 0 Å². The molecule has 0 saturated carbocycles. The first-order valence-electron chi connectivity index (χ1n) is 9.91. The van der Waals surface area contributed by atoms with Crippen molar-refractivity contribution in [3.05, 3.63) is 81.2 Å². The third-order valence-corrected chi connectivity index (χ3v) is 5.15. The Morgan fingerprint density at radius 2 is 1.45 bits per heavy atom. The summed E-state index contributed by atoms with van der Waals surface area (Å²) in [6.45, 7) is 13.1. The number of carbonyl (C=O) groups is 1. The van der Waals surface area contributed by atoms with E-state index in [4.69, 9.17) is 4.42 Å². The Hall–Kier alpha value is -2.88. The molecule has 0 atom stereocenters. The quantitative estimate of drug-likeness (QED) is 0.615. The number of hydrogen-bond acceptors (Lipinski definition) is 3. The molecule has 1 aromatic heterocycles. The molecule has 0 fully saturated rings. The van der Waals surface area contributed by atoms with Crippen LogP contribution in [0.4, 0.5) is 0 Å². The van der Waals surface area contributed by atoms with E-state index in [1.54, 1.807) is 0 Å². The molecule has 0 aliphatic rings. The number of fused-ring (bicyclic) bond motifs is 1. The summed E-state index contributed by atoms with van der Waals surface area (Å²) in [7, 11) is 0. The smallest absolute Gasteiger partial charge is 0.336 e. The van der Waals surface area contributed by atoms with Gasteiger partial charge in [0, 0.05) is 23.6 Å². The Kier molecular flexibility index (Phi) is 5.40. The summed E-state index contributed by atoms with van der Waals surface area (Å²) in [5.41, 5.74) is 3.79. The van der Waals surface area contributed by atoms with Crippen molar-refractivity contribution in [2.75, 3.05) is 0 Å². The van der Waals surface area contributed by atoms with Gasteiger partial charge in [0.05, 0.1) is 0 Å². The molecule has 0 radical (unpaired) electrons. The van der Waals surface area contributed by atoms with Crippen LogP contribution in [0.25, 0.3) is 11.0 Å². The van der Waals surface area contributed by atoms with Crippen LogP contribution in [0.2, 0.25) is 0 Å². The van der Waals surface area contributed by atoms with E-state index in [-0.39, 0.29) is 23.3 Å². The summed E-state index contributed by atoms with van der Waals surface area (Å²) in [4.78, 5) is 24.6. The minimum Gasteiger partial charge on any atom is -0.423 e. The van der Waals surface area contributed by atoms with Crippen molar-refractivity contribution in [3.63, 3.8) is 0 Å². The molecule has 4 heteroatoms. The minimum absolute atomic E-state index is 0.0281. The predicted octanol–water partition coefficient (Wildman–Crippen LogP) is 5.32. The maximum absolute atomic E-state index is 12.6. The SMILES string of the molecule is CC(C)(C)c1ccc(C(=O)NCc2cc(=O)oc3ccc(C(C)(C)C)cc23)cc1. The fourth-order valence-corrected chi connectivity index (χ4v) is 3.24. The minimum atomic E-state index is -0.417. The molecule has 1 heterocycles. The molecule has 0 aliphatic carbocycles. The Morgan fingerprint density at radius 1 is 0.862 bits per heavy atom. The van der Waals surface area contributed by atoms with Crippen molar-refractivity contribution in [3.8, 4) is 0 Å². The summed E-state index contributed by atoms with van der Waals surface area (Å²) in [5.74, 6) is -0.168. The van der Waals surface area contributed by atoms with Crippen LogP contribution in [0.15, 0.2) is 57.7 Å². The van der Waals surface area contributed by atoms with E-state index in [0.29, 0.717) is 11.1 Å². The number of amides is 1. The Morgan fingerprint density at radius 3 is 2.03 bits per heavy atom. The van der Waals surface area contributed by atoms with Crippen molar-refractivity contribution in [2.45, 2.75) is 58.9 Å². The largest absolute Gasteiger partial charge is 0.423 e. The Labute approximate surface area is 171 Å². The summed E-state index contributed by atoms with van der Waals surface area (Å²) in [6.07, 6.45) is 0. The van der Waals surface area contributed by atoms with Gasteiger partial charge in [-0.05, 0) is 51.8 Å². The molecule has 2 aromatic carbocycles. The lowest BCUT2D eigenvalue weighted by Crippen LogP contribution is -2.24. The molecule has 0 spiro atoms. The summed E-state index contributed by atoms with van der Waals surface area (Å²) in [6, 6.07) is 14.9. The van der Waals surface area contributed by atoms with Crippen LogP contribution in [-0.2, 0) is 17.4 Å². The van der Waals surface area contributed by atoms with Gasteiger partial charge in [-0.1, -0.05) is 59.7 Å². The lowest BCUT2D eigenvalue weighted by Gasteiger charge is -2.20. The predicted molar refractivity (Wildman–Crippen MR) is 117 cm³/mol. The molecule has 3 rings (SSSR count). The molecular formula is C25H29NO3. The van der Waals surface area contributed by atoms with E-state index in [9.17, 15) is 9.59 Å². The molecule has 152 valence electrons. The molecule has 4 nitrogen and oxygen atoms in total. The van der Waals surface area contributed by atoms with Crippen molar-refractivity contribution < 1.29 is 9.21 Å². The van der Waals surface area contributed by atoms with E-state index >= 15 is 0 Å². The first-order chi connectivity index (χ1) is 13.4. The van der Waals surface area contributed by atoms with Crippen molar-refractivity contribution >= 4 is 16.9 Å². The Bertz CT molecular complexity index is 1090. The Balaban J connectivity index is 1.86. The van der Waals surface area contributed by atoms with E-state index < -0.39 is 5.63 Å². The van der Waals surface area contributed by atoms with E-state index in [2.05, 4.69) is 46.9 Å². The van der Waals surface area contributed by atoms with Gasteiger partial charge in [0.2, 0.25) is 0 Å². The highest BCUT2D eigenvalue weighted by molar-refractivity contribution is 5.94. The zero-order chi connectivity index (χ0) is 21.4. The molecule has 29 heavy (non-hydrogen) atoms. The molecule has 0 unspecified atom stereocenters. The lowest BCUT2D eigenvalue weighted by atomic mass is 9.86. The lowest BCUT2D eigenvalue weighted by molar-refractivity contribution is 0.0951. The van der Waals surface area contributed by atoms with Gasteiger partial charge in [-0.25, -0.2) is 4.79 Å². The van der Waals surface area contributed by atoms with Gasteiger partial charge in [-0.3, -0.25) is 4.79 Å². The molecule has 1 N–H and O–H groups in total. The van der Waals surface area contributed by atoms with Crippen LogP contribution in [-0.4, -0.2) is 5.91 Å². The highest BCUT2D eigenvalue weighted by atomic mass is 16.4. The van der Waals surface area contributed by atoms with Crippen LogP contribution < -0.4 is 10.9 Å². The average Bonchev–Trinajstić information content (AvgIpc) is 2.64. The van der Waals surface area contributed by atoms with Gasteiger partial charge >= 0.3 is 5.63 Å². The number of nitrogens with one attached hydrogen (secondary N) is 1. The van der Waals surface area contributed by atoms with E-state index in [1.165, 1.54) is 11.6 Å². The van der Waals surface area contributed by atoms with Gasteiger partial charge in [0.1, 0.15) is 5.58 Å². The maximum Gasteiger partial charge on any atom is 0.336 e. The molecule has 1 amide bonds. The van der Waals surface area contributed by atoms with Crippen LogP contribution in [0.1, 0.15) is 68.6 Å². The third-order valence-electron chi connectivity index (χ3n) is 5.15. The molecule has 0 saturated heterocycles. The second-order valence-electron chi connectivity index (χ2n) is 9.56. The van der Waals surface area contributed by atoms with Crippen LogP contribution in [0.3, 0.4) is 0 Å². The summed E-state index contributed by atoms with van der Waals surface area (Å²) in [5, 5.41) is 3.78. The standard InChI is InChI=1S/C25H29NO3/c1-24(2,3)18-9-7-16(8-10-18)23(28)26-15-17-13-22(27)29-21-12-11-19(14-20(17)21)25(4,5)6/h7-14H,15H2,1-6H3,(H,26,28). The second kappa shape index (κ2) is 7.51. The monoisotopic (exact) mass is 391 g/mol. The number of carbonyl (C=O) groups excluding carboxylic acids is 1. The van der Waals surface area contributed by atoms with Gasteiger partial charge in [0.25, 0.3) is 5.91 Å². The number of hydrogen-bond donors (Lipinski definition) is 1. The van der Waals surface area contributed by atoms with Crippen molar-refractivity contribution in [2.24, 2.45) is 0 Å². The van der Waals surface area contributed by atoms with Crippen molar-refractivity contribution in [1.29, 1.82) is 0 Å². The van der Waals surface area contributed by atoms with Gasteiger partial charge < -0.3 is 9.73 Å². The fourth-order valence-electron chi connectivity index (χ4n) is 3.24. The number of benzene rings is 2. The zero-order valence-electron chi connectivity index (χ0n) is 18.1. The molecule has 0 aliphatic heterocycles. The maximum atomic E-state index is 12.6. The van der Waals surface area contributed by atoms with Crippen LogP contribution >= 0.6 is 0 Å². The first-order valence-corrected chi connectivity index (χ1v) is 9.91.